The number of nitrogens with one attached hydrogen (secondary N) is 2. The van der Waals surface area contributed by atoms with E-state index in [0.717, 1.165) is 3.97 Å². The largest absolute Gasteiger partial charge is 0.348 e. The van der Waals surface area contributed by atoms with Gasteiger partial charge in [0, 0.05) is 18.3 Å². The van der Waals surface area contributed by atoms with Gasteiger partial charge in [-0.05, 0) is 48.0 Å². The van der Waals surface area contributed by atoms with E-state index in [1.807, 2.05) is 0 Å². The van der Waals surface area contributed by atoms with Crippen molar-refractivity contribution >= 4 is 27.5 Å². The van der Waals surface area contributed by atoms with Crippen LogP contribution in [0.4, 0.5) is 10.1 Å². The second kappa shape index (κ2) is 6.61. The summed E-state index contributed by atoms with van der Waals surface area (Å²) in [7, 11) is -3.97. The zero-order chi connectivity index (χ0) is 19.9. The number of fused-ring (bicyclic) bond motifs is 2. The standard InChI is InChI=1S/C19H14FN3O4S/c20-14-4-1-3-12(9-14)11-21-18(24)13-6-7-17-15(10-13)22-19(25)16-5-2-8-23(16)28(17,26)27/h1-10H,11H2,(H,21,24)(H,22,25). The molecule has 0 saturated carbocycles. The fourth-order valence-corrected chi connectivity index (χ4v) is 4.44. The van der Waals surface area contributed by atoms with Crippen LogP contribution in [0.3, 0.4) is 0 Å². The summed E-state index contributed by atoms with van der Waals surface area (Å²) >= 11 is 0. The second-order valence-corrected chi connectivity index (χ2v) is 7.96. The third-order valence-electron chi connectivity index (χ3n) is 4.31. The fourth-order valence-electron chi connectivity index (χ4n) is 2.97. The minimum Gasteiger partial charge on any atom is -0.348 e. The molecule has 0 saturated heterocycles. The Hall–Kier alpha value is -3.46. The van der Waals surface area contributed by atoms with Crippen molar-refractivity contribution in [3.05, 3.63) is 83.4 Å². The SMILES string of the molecule is O=C(NCc1cccc(F)c1)c1ccc2c(c1)NC(=O)c1cccn1S2(=O)=O. The van der Waals surface area contributed by atoms with E-state index in [9.17, 15) is 22.4 Å². The molecule has 1 aliphatic heterocycles. The molecule has 0 fully saturated rings. The van der Waals surface area contributed by atoms with Crippen LogP contribution < -0.4 is 10.6 Å². The maximum Gasteiger partial charge on any atom is 0.273 e. The van der Waals surface area contributed by atoms with Crippen LogP contribution in [0.5, 0.6) is 0 Å². The third-order valence-corrected chi connectivity index (χ3v) is 6.06. The molecule has 0 radical (unpaired) electrons. The van der Waals surface area contributed by atoms with Gasteiger partial charge in [0.25, 0.3) is 21.8 Å². The van der Waals surface area contributed by atoms with Crippen LogP contribution in [-0.2, 0) is 16.6 Å². The third kappa shape index (κ3) is 3.05. The quantitative estimate of drug-likeness (QED) is 0.707. The van der Waals surface area contributed by atoms with Crippen molar-refractivity contribution in [3.63, 3.8) is 0 Å². The number of nitrogens with zero attached hydrogens (tertiary/aromatic N) is 1. The van der Waals surface area contributed by atoms with Crippen LogP contribution in [-0.4, -0.2) is 24.2 Å². The summed E-state index contributed by atoms with van der Waals surface area (Å²) in [6.07, 6.45) is 1.29. The van der Waals surface area contributed by atoms with E-state index in [0.29, 0.717) is 5.56 Å². The first-order valence-corrected chi connectivity index (χ1v) is 9.71. The maximum absolute atomic E-state index is 13.2. The van der Waals surface area contributed by atoms with Gasteiger partial charge in [-0.15, -0.1) is 0 Å². The van der Waals surface area contributed by atoms with Gasteiger partial charge in [-0.1, -0.05) is 12.1 Å². The van der Waals surface area contributed by atoms with Gasteiger partial charge in [0.1, 0.15) is 16.4 Å². The lowest BCUT2D eigenvalue weighted by atomic mass is 10.1. The summed E-state index contributed by atoms with van der Waals surface area (Å²) < 4.78 is 39.7. The summed E-state index contributed by atoms with van der Waals surface area (Å²) in [6, 6.07) is 12.6. The average Bonchev–Trinajstić information content (AvgIpc) is 3.14. The molecule has 0 aliphatic carbocycles. The van der Waals surface area contributed by atoms with Crippen molar-refractivity contribution in [2.45, 2.75) is 11.4 Å². The molecule has 3 aromatic rings. The number of anilines is 1. The Morgan fingerprint density at radius 3 is 2.71 bits per heavy atom. The van der Waals surface area contributed by atoms with Crippen LogP contribution in [0.25, 0.3) is 0 Å². The fraction of sp³-hybridized carbons (Fsp3) is 0.0526. The number of benzene rings is 2. The maximum atomic E-state index is 13.2. The second-order valence-electron chi connectivity index (χ2n) is 6.17. The van der Waals surface area contributed by atoms with E-state index in [1.54, 1.807) is 6.07 Å². The number of halogens is 1. The van der Waals surface area contributed by atoms with Crippen molar-refractivity contribution < 1.29 is 22.4 Å². The molecular weight excluding hydrogens is 385 g/mol. The normalized spacial score (nSPS) is 14.4. The lowest BCUT2D eigenvalue weighted by molar-refractivity contribution is 0.0949. The number of hydrogen-bond acceptors (Lipinski definition) is 4. The Morgan fingerprint density at radius 1 is 1.11 bits per heavy atom. The van der Waals surface area contributed by atoms with Gasteiger partial charge < -0.3 is 10.6 Å². The number of carbonyl (C=O) groups excluding carboxylic acids is 2. The average molecular weight is 399 g/mol. The van der Waals surface area contributed by atoms with Gasteiger partial charge in [0.2, 0.25) is 0 Å². The lowest BCUT2D eigenvalue weighted by Gasteiger charge is -2.10. The van der Waals surface area contributed by atoms with Crippen LogP contribution in [0.15, 0.2) is 65.7 Å². The van der Waals surface area contributed by atoms with Crippen molar-refractivity contribution in [1.82, 2.24) is 9.29 Å². The van der Waals surface area contributed by atoms with Gasteiger partial charge in [-0.25, -0.2) is 16.8 Å². The molecule has 1 aromatic heterocycles. The zero-order valence-corrected chi connectivity index (χ0v) is 15.2. The zero-order valence-electron chi connectivity index (χ0n) is 14.3. The Bertz CT molecular complexity index is 1220. The van der Waals surface area contributed by atoms with Crippen LogP contribution in [0.2, 0.25) is 0 Å². The predicted octanol–water partition coefficient (Wildman–Crippen LogP) is 2.36. The van der Waals surface area contributed by atoms with E-state index in [-0.39, 0.29) is 28.4 Å². The molecule has 4 rings (SSSR count). The minimum atomic E-state index is -3.97. The number of rotatable bonds is 3. The topological polar surface area (TPSA) is 97.3 Å². The van der Waals surface area contributed by atoms with Crippen LogP contribution >= 0.6 is 0 Å². The number of hydrogen-bond donors (Lipinski definition) is 2. The highest BCUT2D eigenvalue weighted by molar-refractivity contribution is 7.90. The Morgan fingerprint density at radius 2 is 1.93 bits per heavy atom. The van der Waals surface area contributed by atoms with Crippen molar-refractivity contribution in [3.8, 4) is 0 Å². The molecule has 0 unspecified atom stereocenters. The molecular formula is C19H14FN3O4S. The van der Waals surface area contributed by atoms with Gasteiger partial charge in [0.15, 0.2) is 0 Å². The van der Waals surface area contributed by atoms with Gasteiger partial charge >= 0.3 is 0 Å². The molecule has 28 heavy (non-hydrogen) atoms. The van der Waals surface area contributed by atoms with Crippen molar-refractivity contribution in [2.24, 2.45) is 0 Å². The predicted molar refractivity (Wildman–Crippen MR) is 99.0 cm³/mol. The van der Waals surface area contributed by atoms with E-state index in [4.69, 9.17) is 0 Å². The molecule has 2 aromatic carbocycles. The summed E-state index contributed by atoms with van der Waals surface area (Å²) in [6.45, 7) is 0.101. The molecule has 9 heteroatoms. The summed E-state index contributed by atoms with van der Waals surface area (Å²) in [5.74, 6) is -1.49. The Balaban J connectivity index is 1.63. The molecule has 142 valence electrons. The van der Waals surface area contributed by atoms with Crippen LogP contribution in [0.1, 0.15) is 26.4 Å². The summed E-state index contributed by atoms with van der Waals surface area (Å²) in [5.41, 5.74) is 0.746. The molecule has 2 amide bonds. The first-order valence-electron chi connectivity index (χ1n) is 8.27. The summed E-state index contributed by atoms with van der Waals surface area (Å²) in [5, 5.41) is 5.16. The highest BCUT2D eigenvalue weighted by Gasteiger charge is 2.30. The number of amides is 2. The van der Waals surface area contributed by atoms with Gasteiger partial charge in [0.05, 0.1) is 5.69 Å². The number of aromatic nitrogens is 1. The molecule has 0 atom stereocenters. The smallest absolute Gasteiger partial charge is 0.273 e. The first kappa shape index (κ1) is 17.9. The van der Waals surface area contributed by atoms with E-state index >= 15 is 0 Å². The molecule has 2 N–H and O–H groups in total. The van der Waals surface area contributed by atoms with Crippen LogP contribution in [0, 0.1) is 5.82 Å². The van der Waals surface area contributed by atoms with E-state index in [2.05, 4.69) is 10.6 Å². The molecule has 0 spiro atoms. The number of carbonyl (C=O) groups is 2. The Labute approximate surface area is 159 Å². The molecule has 2 heterocycles. The Kier molecular flexibility index (Phi) is 4.23. The molecule has 0 bridgehead atoms. The highest BCUT2D eigenvalue weighted by atomic mass is 32.2. The minimum absolute atomic E-state index is 0.0201. The molecule has 1 aliphatic rings. The van der Waals surface area contributed by atoms with Gasteiger partial charge in [-0.2, -0.15) is 0 Å². The lowest BCUT2D eigenvalue weighted by Crippen LogP contribution is -2.23. The first-order chi connectivity index (χ1) is 13.4. The van der Waals surface area contributed by atoms with Crippen molar-refractivity contribution in [1.29, 1.82) is 0 Å². The highest BCUT2D eigenvalue weighted by Crippen LogP contribution is 2.29. The van der Waals surface area contributed by atoms with Crippen molar-refractivity contribution in [2.75, 3.05) is 5.32 Å². The van der Waals surface area contributed by atoms with E-state index in [1.165, 1.54) is 54.7 Å². The van der Waals surface area contributed by atoms with E-state index < -0.39 is 27.7 Å². The monoisotopic (exact) mass is 399 g/mol. The van der Waals surface area contributed by atoms with Gasteiger partial charge in [-0.3, -0.25) is 9.59 Å². The summed E-state index contributed by atoms with van der Waals surface area (Å²) in [4.78, 5) is 24.6. The molecule has 7 nitrogen and oxygen atoms in total.